The zero-order chi connectivity index (χ0) is 17.3. The lowest BCUT2D eigenvalue weighted by Gasteiger charge is -2.26. The molecule has 0 bridgehead atoms. The zero-order valence-corrected chi connectivity index (χ0v) is 15.9. The quantitative estimate of drug-likeness (QED) is 0.684. The van der Waals surface area contributed by atoms with Crippen LogP contribution in [0.1, 0.15) is 11.1 Å². The van der Waals surface area contributed by atoms with Crippen LogP contribution in [0.2, 0.25) is 0 Å². The Labute approximate surface area is 157 Å². The lowest BCUT2D eigenvalue weighted by atomic mass is 10.2. The third-order valence-electron chi connectivity index (χ3n) is 4.16. The number of nitrogens with one attached hydrogen (secondary N) is 1. The summed E-state index contributed by atoms with van der Waals surface area (Å²) in [6, 6.07) is 10.1. The first-order valence-electron chi connectivity index (χ1n) is 8.62. The predicted molar refractivity (Wildman–Crippen MR) is 102 cm³/mol. The first kappa shape index (κ1) is 18.3. The Kier molecular flexibility index (Phi) is 7.23. The van der Waals surface area contributed by atoms with Crippen LogP contribution in [0.5, 0.6) is 5.75 Å². The van der Waals surface area contributed by atoms with Crippen LogP contribution in [0.25, 0.3) is 0 Å². The molecule has 6 heteroatoms. The third kappa shape index (κ3) is 6.08. The minimum atomic E-state index is 0.524. The van der Waals surface area contributed by atoms with Crippen molar-refractivity contribution >= 4 is 15.9 Å². The van der Waals surface area contributed by atoms with Gasteiger partial charge in [0.1, 0.15) is 12.4 Å². The SMILES string of the molecule is Brc1ccc(OCc2cccnc2)c(CNCCN2CCOCC2)c1. The van der Waals surface area contributed by atoms with Crippen LogP contribution in [-0.2, 0) is 17.9 Å². The standard InChI is InChI=1S/C19H24BrN3O2/c20-18-3-4-19(25-15-16-2-1-5-21-13-16)17(12-18)14-22-6-7-23-8-10-24-11-9-23/h1-5,12-13,22H,6-11,14-15H2. The molecule has 134 valence electrons. The fourth-order valence-corrected chi connectivity index (χ4v) is 3.17. The molecule has 1 aliphatic heterocycles. The molecule has 3 rings (SSSR count). The highest BCUT2D eigenvalue weighted by molar-refractivity contribution is 9.10. The largest absolute Gasteiger partial charge is 0.489 e. The van der Waals surface area contributed by atoms with E-state index in [1.54, 1.807) is 6.20 Å². The van der Waals surface area contributed by atoms with Gasteiger partial charge in [0.2, 0.25) is 0 Å². The number of halogens is 1. The van der Waals surface area contributed by atoms with Gasteiger partial charge in [0.05, 0.1) is 13.2 Å². The monoisotopic (exact) mass is 405 g/mol. The lowest BCUT2D eigenvalue weighted by Crippen LogP contribution is -2.40. The fourth-order valence-electron chi connectivity index (χ4n) is 2.76. The highest BCUT2D eigenvalue weighted by Gasteiger charge is 2.10. The molecule has 1 saturated heterocycles. The van der Waals surface area contributed by atoms with Gasteiger partial charge in [-0.15, -0.1) is 0 Å². The maximum atomic E-state index is 6.00. The molecule has 5 nitrogen and oxygen atoms in total. The molecule has 1 N–H and O–H groups in total. The molecule has 0 radical (unpaired) electrons. The minimum absolute atomic E-state index is 0.524. The predicted octanol–water partition coefficient (Wildman–Crippen LogP) is 2.84. The third-order valence-corrected chi connectivity index (χ3v) is 4.66. The van der Waals surface area contributed by atoms with Crippen LogP contribution in [0.3, 0.4) is 0 Å². The maximum absolute atomic E-state index is 6.00. The molecule has 0 amide bonds. The van der Waals surface area contributed by atoms with Gasteiger partial charge in [-0.2, -0.15) is 0 Å². The van der Waals surface area contributed by atoms with Crippen molar-refractivity contribution in [1.29, 1.82) is 0 Å². The van der Waals surface area contributed by atoms with E-state index in [1.807, 2.05) is 30.5 Å². The Morgan fingerprint density at radius 3 is 2.92 bits per heavy atom. The summed E-state index contributed by atoms with van der Waals surface area (Å²) in [5.41, 5.74) is 2.22. The molecule has 1 fully saturated rings. The van der Waals surface area contributed by atoms with E-state index in [0.717, 1.165) is 67.3 Å². The number of pyridine rings is 1. The van der Waals surface area contributed by atoms with Crippen molar-refractivity contribution in [3.63, 3.8) is 0 Å². The normalized spacial score (nSPS) is 15.2. The van der Waals surface area contributed by atoms with Crippen LogP contribution in [0.4, 0.5) is 0 Å². The van der Waals surface area contributed by atoms with Gasteiger partial charge in [0, 0.05) is 60.7 Å². The Balaban J connectivity index is 1.50. The molecule has 0 unspecified atom stereocenters. The van der Waals surface area contributed by atoms with E-state index in [1.165, 1.54) is 0 Å². The molecule has 2 heterocycles. The van der Waals surface area contributed by atoms with Crippen molar-refractivity contribution in [2.75, 3.05) is 39.4 Å². The van der Waals surface area contributed by atoms with E-state index >= 15 is 0 Å². The number of hydrogen-bond acceptors (Lipinski definition) is 5. The highest BCUT2D eigenvalue weighted by Crippen LogP contribution is 2.24. The van der Waals surface area contributed by atoms with Crippen LogP contribution >= 0.6 is 15.9 Å². The average Bonchev–Trinajstić information content (AvgIpc) is 2.66. The molecule has 2 aromatic rings. The Morgan fingerprint density at radius 1 is 1.24 bits per heavy atom. The van der Waals surface area contributed by atoms with Gasteiger partial charge in [-0.3, -0.25) is 9.88 Å². The van der Waals surface area contributed by atoms with Crippen LogP contribution in [0, 0.1) is 0 Å². The second kappa shape index (κ2) is 9.87. The summed E-state index contributed by atoms with van der Waals surface area (Å²) >= 11 is 3.55. The highest BCUT2D eigenvalue weighted by atomic mass is 79.9. The zero-order valence-electron chi connectivity index (χ0n) is 14.3. The first-order valence-corrected chi connectivity index (χ1v) is 9.41. The summed E-state index contributed by atoms with van der Waals surface area (Å²) in [6.07, 6.45) is 3.60. The molecule has 0 spiro atoms. The summed E-state index contributed by atoms with van der Waals surface area (Å²) in [5.74, 6) is 0.908. The second-order valence-electron chi connectivity index (χ2n) is 6.03. The number of benzene rings is 1. The minimum Gasteiger partial charge on any atom is -0.489 e. The Morgan fingerprint density at radius 2 is 2.12 bits per heavy atom. The molecule has 1 aromatic carbocycles. The number of morpholine rings is 1. The van der Waals surface area contributed by atoms with Gasteiger partial charge in [-0.25, -0.2) is 0 Å². The summed E-state index contributed by atoms with van der Waals surface area (Å²) in [5, 5.41) is 3.52. The van der Waals surface area contributed by atoms with Crippen LogP contribution in [-0.4, -0.2) is 49.3 Å². The molecule has 0 saturated carbocycles. The second-order valence-corrected chi connectivity index (χ2v) is 6.95. The number of rotatable bonds is 8. The van der Waals surface area contributed by atoms with Crippen LogP contribution in [0.15, 0.2) is 47.2 Å². The first-order chi connectivity index (χ1) is 12.3. The summed E-state index contributed by atoms with van der Waals surface area (Å²) in [7, 11) is 0. The van der Waals surface area contributed by atoms with E-state index < -0.39 is 0 Å². The van der Waals surface area contributed by atoms with E-state index in [0.29, 0.717) is 6.61 Å². The number of ether oxygens (including phenoxy) is 2. The van der Waals surface area contributed by atoms with Crippen molar-refractivity contribution in [3.8, 4) is 5.75 Å². The number of aromatic nitrogens is 1. The molecule has 0 atom stereocenters. The molecule has 25 heavy (non-hydrogen) atoms. The van der Waals surface area contributed by atoms with E-state index in [2.05, 4.69) is 37.2 Å². The van der Waals surface area contributed by atoms with Crippen molar-refractivity contribution < 1.29 is 9.47 Å². The Hall–Kier alpha value is -1.47. The fraction of sp³-hybridized carbons (Fsp3) is 0.421. The van der Waals surface area contributed by atoms with Crippen molar-refractivity contribution in [3.05, 3.63) is 58.3 Å². The number of nitrogens with zero attached hydrogens (tertiary/aromatic N) is 2. The molecule has 1 aliphatic rings. The number of hydrogen-bond donors (Lipinski definition) is 1. The van der Waals surface area contributed by atoms with Gasteiger partial charge >= 0.3 is 0 Å². The van der Waals surface area contributed by atoms with E-state index in [-0.39, 0.29) is 0 Å². The molecular formula is C19H24BrN3O2. The van der Waals surface area contributed by atoms with Gasteiger partial charge in [0.25, 0.3) is 0 Å². The van der Waals surface area contributed by atoms with Crippen molar-refractivity contribution in [2.24, 2.45) is 0 Å². The molecule has 0 aliphatic carbocycles. The molecular weight excluding hydrogens is 382 g/mol. The maximum Gasteiger partial charge on any atom is 0.124 e. The smallest absolute Gasteiger partial charge is 0.124 e. The summed E-state index contributed by atoms with van der Waals surface area (Å²) in [4.78, 5) is 6.55. The van der Waals surface area contributed by atoms with E-state index in [4.69, 9.17) is 9.47 Å². The van der Waals surface area contributed by atoms with Gasteiger partial charge in [0.15, 0.2) is 0 Å². The van der Waals surface area contributed by atoms with E-state index in [9.17, 15) is 0 Å². The van der Waals surface area contributed by atoms with Crippen LogP contribution < -0.4 is 10.1 Å². The van der Waals surface area contributed by atoms with Gasteiger partial charge in [-0.1, -0.05) is 22.0 Å². The van der Waals surface area contributed by atoms with Crippen molar-refractivity contribution in [1.82, 2.24) is 15.2 Å². The summed E-state index contributed by atoms with van der Waals surface area (Å²) in [6.45, 7) is 7.05. The van der Waals surface area contributed by atoms with Gasteiger partial charge in [-0.05, 0) is 24.3 Å². The lowest BCUT2D eigenvalue weighted by molar-refractivity contribution is 0.0384. The summed E-state index contributed by atoms with van der Waals surface area (Å²) < 4.78 is 12.4. The van der Waals surface area contributed by atoms with Gasteiger partial charge < -0.3 is 14.8 Å². The Bertz CT molecular complexity index is 648. The van der Waals surface area contributed by atoms with Crippen molar-refractivity contribution in [2.45, 2.75) is 13.2 Å². The average molecular weight is 406 g/mol. The topological polar surface area (TPSA) is 46.6 Å². The molecule has 1 aromatic heterocycles.